The number of anilines is 1. The maximum atomic E-state index is 13.3. The molecule has 1 saturated heterocycles. The molecule has 0 spiro atoms. The molecule has 0 unspecified atom stereocenters. The molecule has 2 aromatic heterocycles. The Balaban J connectivity index is 1.31. The third kappa shape index (κ3) is 4.97. The molecule has 1 amide bonds. The van der Waals surface area contributed by atoms with Crippen LogP contribution in [0, 0.1) is 0 Å². The Morgan fingerprint density at radius 1 is 1.12 bits per heavy atom. The summed E-state index contributed by atoms with van der Waals surface area (Å²) < 4.78 is 18.2. The van der Waals surface area contributed by atoms with E-state index >= 15 is 0 Å². The Hall–Kier alpha value is -4.52. The smallest absolute Gasteiger partial charge is 0.252 e. The lowest BCUT2D eigenvalue weighted by Crippen LogP contribution is -2.46. The largest absolute Gasteiger partial charge is 0.497 e. The highest BCUT2D eigenvalue weighted by atomic mass is 16.5. The van der Waals surface area contributed by atoms with E-state index in [9.17, 15) is 15.0 Å². The lowest BCUT2D eigenvalue weighted by molar-refractivity contribution is -0.0440. The van der Waals surface area contributed by atoms with E-state index in [2.05, 4.69) is 49.9 Å². The van der Waals surface area contributed by atoms with Crippen molar-refractivity contribution in [3.63, 3.8) is 0 Å². The van der Waals surface area contributed by atoms with E-state index in [-0.39, 0.29) is 11.6 Å². The predicted octanol–water partition coefficient (Wildman–Crippen LogP) is 2.16. The normalized spacial score (nSPS) is 23.3. The van der Waals surface area contributed by atoms with Crippen LogP contribution in [0.3, 0.4) is 0 Å². The molecule has 1 fully saturated rings. The van der Waals surface area contributed by atoms with E-state index in [1.54, 1.807) is 22.8 Å². The number of aliphatic hydroxyl groups is 2. The molecular weight excluding hydrogens is 528 g/mol. The number of benzene rings is 2. The van der Waals surface area contributed by atoms with Crippen molar-refractivity contribution in [1.29, 1.82) is 0 Å². The Labute approximate surface area is 235 Å². The number of fused-ring (bicyclic) bond motifs is 2. The van der Waals surface area contributed by atoms with Crippen LogP contribution in [0.25, 0.3) is 11.2 Å². The fraction of sp³-hybridized carbons (Fsp3) is 0.310. The molecule has 0 saturated carbocycles. The van der Waals surface area contributed by atoms with Crippen LogP contribution < -0.4 is 20.1 Å². The van der Waals surface area contributed by atoms with E-state index in [1.165, 1.54) is 32.4 Å². The molecule has 5 atom stereocenters. The first-order valence-corrected chi connectivity index (χ1v) is 13.2. The van der Waals surface area contributed by atoms with Crippen molar-refractivity contribution in [2.45, 2.75) is 36.9 Å². The Bertz CT molecular complexity index is 1580. The molecule has 12 heteroatoms. The lowest BCUT2D eigenvalue weighted by atomic mass is 9.93. The van der Waals surface area contributed by atoms with Crippen LogP contribution in [0.5, 0.6) is 11.5 Å². The van der Waals surface area contributed by atoms with Gasteiger partial charge in [0.05, 0.1) is 33.2 Å². The summed E-state index contributed by atoms with van der Waals surface area (Å²) in [6, 6.07) is 12.0. The second-order valence-corrected chi connectivity index (χ2v) is 9.84. The summed E-state index contributed by atoms with van der Waals surface area (Å²) in [6.07, 6.45) is 4.96. The molecule has 4 aromatic rings. The van der Waals surface area contributed by atoms with Gasteiger partial charge < -0.3 is 35.1 Å². The quantitative estimate of drug-likeness (QED) is 0.237. The number of methoxy groups -OCH3 is 2. The minimum atomic E-state index is -1.21. The Kier molecular flexibility index (Phi) is 7.26. The highest BCUT2D eigenvalue weighted by molar-refractivity contribution is 5.95. The fourth-order valence-corrected chi connectivity index (χ4v) is 5.34. The molecule has 212 valence electrons. The van der Waals surface area contributed by atoms with Gasteiger partial charge in [0.1, 0.15) is 36.1 Å². The highest BCUT2D eigenvalue weighted by Gasteiger charge is 2.46. The molecule has 12 nitrogen and oxygen atoms in total. The van der Waals surface area contributed by atoms with Crippen molar-refractivity contribution in [1.82, 2.24) is 24.8 Å². The maximum Gasteiger partial charge on any atom is 0.252 e. The number of rotatable bonds is 8. The Morgan fingerprint density at radius 2 is 1.90 bits per heavy atom. The van der Waals surface area contributed by atoms with Crippen LogP contribution in [0.1, 0.15) is 33.8 Å². The maximum absolute atomic E-state index is 13.3. The number of hydrogen-bond donors (Lipinski definition) is 4. The zero-order chi connectivity index (χ0) is 28.5. The number of ether oxygens (including phenoxy) is 3. The molecule has 0 bridgehead atoms. The molecule has 4 N–H and O–H groups in total. The van der Waals surface area contributed by atoms with Crippen LogP contribution in [-0.2, 0) is 11.2 Å². The van der Waals surface area contributed by atoms with Crippen LogP contribution in [-0.4, -0.2) is 74.7 Å². The number of imidazole rings is 1. The zero-order valence-electron chi connectivity index (χ0n) is 22.5. The van der Waals surface area contributed by atoms with Gasteiger partial charge in [0, 0.05) is 11.6 Å². The number of aromatic nitrogens is 4. The van der Waals surface area contributed by atoms with Crippen molar-refractivity contribution >= 4 is 22.9 Å². The number of aliphatic hydroxyl groups excluding tert-OH is 2. The van der Waals surface area contributed by atoms with Gasteiger partial charge in [-0.3, -0.25) is 9.36 Å². The predicted molar refractivity (Wildman–Crippen MR) is 149 cm³/mol. The number of carbonyl (C=O) groups excluding carboxylic acids is 1. The van der Waals surface area contributed by atoms with Gasteiger partial charge in [-0.1, -0.05) is 36.4 Å². The summed E-state index contributed by atoms with van der Waals surface area (Å²) >= 11 is 0. The first-order valence-electron chi connectivity index (χ1n) is 13.2. The second-order valence-electron chi connectivity index (χ2n) is 9.84. The van der Waals surface area contributed by atoms with Crippen molar-refractivity contribution in [3.05, 3.63) is 84.0 Å². The number of hydrogen-bond acceptors (Lipinski definition) is 10. The van der Waals surface area contributed by atoms with Gasteiger partial charge in [-0.25, -0.2) is 15.0 Å². The van der Waals surface area contributed by atoms with E-state index in [1.807, 2.05) is 12.1 Å². The van der Waals surface area contributed by atoms with E-state index in [0.29, 0.717) is 28.5 Å². The molecule has 41 heavy (non-hydrogen) atoms. The average Bonchev–Trinajstić information content (AvgIpc) is 3.58. The van der Waals surface area contributed by atoms with Gasteiger partial charge in [-0.2, -0.15) is 0 Å². The minimum Gasteiger partial charge on any atom is -0.497 e. The number of amides is 1. The van der Waals surface area contributed by atoms with Crippen molar-refractivity contribution in [3.8, 4) is 11.5 Å². The molecule has 6 rings (SSSR count). The van der Waals surface area contributed by atoms with Crippen LogP contribution in [0.4, 0.5) is 5.82 Å². The third-order valence-electron chi connectivity index (χ3n) is 7.44. The molecular formula is C29H30N6O6. The van der Waals surface area contributed by atoms with Gasteiger partial charge >= 0.3 is 0 Å². The van der Waals surface area contributed by atoms with Gasteiger partial charge in [0.15, 0.2) is 23.2 Å². The SMILES string of the molecule is COc1cc(OC)cc(C(=O)N[C@@H]2[C@H](O)[C@@H](CO)O[C@H]2n2cnc3c(N[C@@H]4C=CCc5ccccc54)ncnc32)c1. The van der Waals surface area contributed by atoms with Crippen molar-refractivity contribution in [2.75, 3.05) is 26.1 Å². The highest BCUT2D eigenvalue weighted by Crippen LogP contribution is 2.34. The van der Waals surface area contributed by atoms with Crippen LogP contribution in [0.2, 0.25) is 0 Å². The van der Waals surface area contributed by atoms with E-state index in [0.717, 1.165) is 12.0 Å². The number of allylic oxidation sites excluding steroid dienone is 1. The lowest BCUT2D eigenvalue weighted by Gasteiger charge is -2.23. The van der Waals surface area contributed by atoms with E-state index < -0.39 is 37.0 Å². The van der Waals surface area contributed by atoms with E-state index in [4.69, 9.17) is 14.2 Å². The van der Waals surface area contributed by atoms with Gasteiger partial charge in [-0.05, 0) is 29.7 Å². The number of nitrogens with one attached hydrogen (secondary N) is 2. The zero-order valence-corrected chi connectivity index (χ0v) is 22.5. The molecule has 2 aromatic carbocycles. The summed E-state index contributed by atoms with van der Waals surface area (Å²) in [5.74, 6) is 0.926. The van der Waals surface area contributed by atoms with Gasteiger partial charge in [0.25, 0.3) is 5.91 Å². The first kappa shape index (κ1) is 26.7. The topological polar surface area (TPSA) is 153 Å². The monoisotopic (exact) mass is 558 g/mol. The third-order valence-corrected chi connectivity index (χ3v) is 7.44. The average molecular weight is 559 g/mol. The van der Waals surface area contributed by atoms with Crippen LogP contribution >= 0.6 is 0 Å². The fourth-order valence-electron chi connectivity index (χ4n) is 5.34. The van der Waals surface area contributed by atoms with Crippen molar-refractivity contribution < 1.29 is 29.2 Å². The number of nitrogens with zero attached hydrogens (tertiary/aromatic N) is 4. The summed E-state index contributed by atoms with van der Waals surface area (Å²) in [5.41, 5.74) is 3.60. The summed E-state index contributed by atoms with van der Waals surface area (Å²) in [4.78, 5) is 26.8. The molecule has 1 aliphatic carbocycles. The second kappa shape index (κ2) is 11.2. The first-order chi connectivity index (χ1) is 20.0. The molecule has 0 radical (unpaired) electrons. The molecule has 1 aliphatic heterocycles. The van der Waals surface area contributed by atoms with Gasteiger partial charge in [-0.15, -0.1) is 0 Å². The summed E-state index contributed by atoms with van der Waals surface area (Å²) in [6.45, 7) is -0.446. The van der Waals surface area contributed by atoms with Crippen LogP contribution in [0.15, 0.2) is 67.3 Å². The summed E-state index contributed by atoms with van der Waals surface area (Å²) in [7, 11) is 2.98. The number of carbonyl (C=O) groups is 1. The summed E-state index contributed by atoms with van der Waals surface area (Å²) in [5, 5.41) is 27.2. The Morgan fingerprint density at radius 3 is 2.66 bits per heavy atom. The molecule has 3 heterocycles. The standard InChI is InChI=1S/C29H30N6O6/c1-39-18-10-17(11-19(12-18)40-2)28(38)34-23-25(37)22(13-36)41-29(23)35-15-32-24-26(30-14-31-27(24)35)33-21-9-5-7-16-6-3-4-8-20(16)21/h3-6,8-12,14-15,21-23,25,29,36-37H,7,13H2,1-2H3,(H,34,38)(H,30,31,33)/t21-,22-,23-,25-,29-/m1/s1. The van der Waals surface area contributed by atoms with Gasteiger partial charge in [0.2, 0.25) is 0 Å². The minimum absolute atomic E-state index is 0.0987. The van der Waals surface area contributed by atoms with Crippen molar-refractivity contribution in [2.24, 2.45) is 0 Å². The molecule has 2 aliphatic rings.